The number of aromatic nitrogens is 5. The highest BCUT2D eigenvalue weighted by Gasteiger charge is 2.24. The van der Waals surface area contributed by atoms with E-state index < -0.39 is 0 Å². The Morgan fingerprint density at radius 2 is 2.00 bits per heavy atom. The van der Waals surface area contributed by atoms with Crippen LogP contribution in [0.5, 0.6) is 0 Å². The van der Waals surface area contributed by atoms with Gasteiger partial charge in [0, 0.05) is 36.8 Å². The molecule has 3 aromatic heterocycles. The van der Waals surface area contributed by atoms with Crippen molar-refractivity contribution in [2.45, 2.75) is 18.9 Å². The van der Waals surface area contributed by atoms with Crippen LogP contribution < -0.4 is 0 Å². The summed E-state index contributed by atoms with van der Waals surface area (Å²) in [7, 11) is 1.87. The van der Waals surface area contributed by atoms with Crippen LogP contribution in [0.2, 0.25) is 5.15 Å². The van der Waals surface area contributed by atoms with E-state index in [1.165, 1.54) is 12.8 Å². The van der Waals surface area contributed by atoms with Gasteiger partial charge in [-0.25, -0.2) is 4.98 Å². The van der Waals surface area contributed by atoms with Crippen LogP contribution in [0.3, 0.4) is 0 Å². The summed E-state index contributed by atoms with van der Waals surface area (Å²) < 4.78 is 3.74. The largest absolute Gasteiger partial charge is 0.275 e. The van der Waals surface area contributed by atoms with Crippen LogP contribution in [0.4, 0.5) is 0 Å². The van der Waals surface area contributed by atoms with Crippen molar-refractivity contribution in [3.63, 3.8) is 0 Å². The van der Waals surface area contributed by atoms with Gasteiger partial charge in [-0.15, -0.1) is 0 Å². The Bertz CT molecular complexity index is 924. The molecule has 23 heavy (non-hydrogen) atoms. The van der Waals surface area contributed by atoms with Gasteiger partial charge in [0.15, 0.2) is 0 Å². The molecule has 3 heterocycles. The summed E-state index contributed by atoms with van der Waals surface area (Å²) in [6.07, 6.45) is 11.6. The van der Waals surface area contributed by atoms with Crippen LogP contribution in [0.1, 0.15) is 30.0 Å². The van der Waals surface area contributed by atoms with Gasteiger partial charge in [0.25, 0.3) is 0 Å². The molecule has 1 fully saturated rings. The van der Waals surface area contributed by atoms with Gasteiger partial charge in [0.2, 0.25) is 0 Å². The fourth-order valence-electron chi connectivity index (χ4n) is 2.41. The first kappa shape index (κ1) is 14.0. The van der Waals surface area contributed by atoms with Crippen molar-refractivity contribution >= 4 is 11.6 Å². The van der Waals surface area contributed by atoms with Gasteiger partial charge in [-0.1, -0.05) is 23.4 Å². The van der Waals surface area contributed by atoms with E-state index in [9.17, 15) is 0 Å². The molecule has 114 valence electrons. The zero-order valence-electron chi connectivity index (χ0n) is 12.6. The molecule has 1 aliphatic carbocycles. The Morgan fingerprint density at radius 1 is 1.13 bits per heavy atom. The van der Waals surface area contributed by atoms with Crippen molar-refractivity contribution < 1.29 is 0 Å². The monoisotopic (exact) mass is 323 g/mol. The fraction of sp³-hybridized carbons (Fsp3) is 0.235. The van der Waals surface area contributed by atoms with Gasteiger partial charge in [-0.05, 0) is 18.9 Å². The smallest absolute Gasteiger partial charge is 0.129 e. The van der Waals surface area contributed by atoms with Gasteiger partial charge >= 0.3 is 0 Å². The Labute approximate surface area is 138 Å². The predicted molar refractivity (Wildman–Crippen MR) is 87.9 cm³/mol. The van der Waals surface area contributed by atoms with Crippen LogP contribution in [-0.4, -0.2) is 24.5 Å². The van der Waals surface area contributed by atoms with E-state index in [0.29, 0.717) is 11.2 Å². The number of hydrogen-bond acceptors (Lipinski definition) is 3. The van der Waals surface area contributed by atoms with Crippen LogP contribution in [0, 0.1) is 11.8 Å². The summed E-state index contributed by atoms with van der Waals surface area (Å²) in [4.78, 5) is 4.15. The minimum Gasteiger partial charge on any atom is -0.275 e. The first-order valence-electron chi connectivity index (χ1n) is 7.40. The second-order valence-corrected chi connectivity index (χ2v) is 6.03. The summed E-state index contributed by atoms with van der Waals surface area (Å²) >= 11 is 6.07. The van der Waals surface area contributed by atoms with Crippen molar-refractivity contribution in [2.24, 2.45) is 7.05 Å². The van der Waals surface area contributed by atoms with E-state index in [1.807, 2.05) is 30.2 Å². The van der Waals surface area contributed by atoms with Crippen molar-refractivity contribution in [1.29, 1.82) is 0 Å². The quantitative estimate of drug-likeness (QED) is 0.538. The summed E-state index contributed by atoms with van der Waals surface area (Å²) in [6, 6.07) is 2.38. The molecule has 0 saturated heterocycles. The van der Waals surface area contributed by atoms with E-state index in [0.717, 1.165) is 22.3 Å². The Morgan fingerprint density at radius 3 is 2.74 bits per heavy atom. The molecule has 3 aromatic rings. The van der Waals surface area contributed by atoms with Gasteiger partial charge in [-0.2, -0.15) is 10.2 Å². The molecule has 4 rings (SSSR count). The van der Waals surface area contributed by atoms with Crippen LogP contribution >= 0.6 is 11.6 Å². The highest BCUT2D eigenvalue weighted by Crippen LogP contribution is 2.35. The molecule has 0 spiro atoms. The summed E-state index contributed by atoms with van der Waals surface area (Å²) in [5.74, 6) is 6.27. The van der Waals surface area contributed by atoms with Crippen molar-refractivity contribution in [1.82, 2.24) is 24.5 Å². The standard InChI is InChI=1S/C17H14ClN5/c1-22-10-12(7-20-22)2-3-13-8-19-17(18)6-16(13)14-9-21-23(11-14)15-4-5-15/h6-11,15H,4-5H2,1H3. The third-order valence-corrected chi connectivity index (χ3v) is 3.96. The normalized spacial score (nSPS) is 13.7. The number of rotatable bonds is 2. The molecule has 0 N–H and O–H groups in total. The molecule has 0 bridgehead atoms. The minimum atomic E-state index is 0.450. The summed E-state index contributed by atoms with van der Waals surface area (Å²) in [5, 5.41) is 9.01. The summed E-state index contributed by atoms with van der Waals surface area (Å²) in [6.45, 7) is 0. The number of nitrogens with zero attached hydrogens (tertiary/aromatic N) is 5. The molecular weight excluding hydrogens is 310 g/mol. The maximum absolute atomic E-state index is 6.07. The zero-order valence-corrected chi connectivity index (χ0v) is 13.3. The van der Waals surface area contributed by atoms with Gasteiger partial charge in [0.05, 0.1) is 29.6 Å². The zero-order chi connectivity index (χ0) is 15.8. The van der Waals surface area contributed by atoms with E-state index >= 15 is 0 Å². The van der Waals surface area contributed by atoms with Crippen LogP contribution in [0.15, 0.2) is 37.1 Å². The second kappa shape index (κ2) is 5.56. The van der Waals surface area contributed by atoms with Crippen molar-refractivity contribution in [2.75, 3.05) is 0 Å². The SMILES string of the molecule is Cn1cc(C#Cc2cnc(Cl)cc2-c2cnn(C3CC3)c2)cn1. The Hall–Kier alpha value is -2.58. The molecular formula is C17H14ClN5. The molecule has 0 aliphatic heterocycles. The second-order valence-electron chi connectivity index (χ2n) is 5.65. The van der Waals surface area contributed by atoms with E-state index in [-0.39, 0.29) is 0 Å². The molecule has 1 saturated carbocycles. The highest BCUT2D eigenvalue weighted by atomic mass is 35.5. The lowest BCUT2D eigenvalue weighted by molar-refractivity contribution is 0.642. The molecule has 0 atom stereocenters. The maximum Gasteiger partial charge on any atom is 0.129 e. The molecule has 0 aromatic carbocycles. The van der Waals surface area contributed by atoms with Crippen molar-refractivity contribution in [3.8, 4) is 23.0 Å². The average Bonchev–Trinajstić information content (AvgIpc) is 3.12. The maximum atomic E-state index is 6.07. The minimum absolute atomic E-state index is 0.450. The first-order valence-corrected chi connectivity index (χ1v) is 7.77. The van der Waals surface area contributed by atoms with E-state index in [2.05, 4.69) is 33.2 Å². The third-order valence-electron chi connectivity index (χ3n) is 3.75. The first-order chi connectivity index (χ1) is 11.2. The molecule has 6 heteroatoms. The lowest BCUT2D eigenvalue weighted by Crippen LogP contribution is -1.92. The Kier molecular flexibility index (Phi) is 3.40. The topological polar surface area (TPSA) is 48.5 Å². The number of hydrogen-bond donors (Lipinski definition) is 0. The highest BCUT2D eigenvalue weighted by molar-refractivity contribution is 6.29. The molecule has 0 amide bonds. The number of aryl methyl sites for hydroxylation is 1. The van der Waals surface area contributed by atoms with Crippen LogP contribution in [-0.2, 0) is 7.05 Å². The Balaban J connectivity index is 1.73. The fourth-order valence-corrected chi connectivity index (χ4v) is 2.57. The van der Waals surface area contributed by atoms with E-state index in [1.54, 1.807) is 17.1 Å². The number of pyridine rings is 1. The molecule has 1 aliphatic rings. The van der Waals surface area contributed by atoms with Crippen LogP contribution in [0.25, 0.3) is 11.1 Å². The van der Waals surface area contributed by atoms with E-state index in [4.69, 9.17) is 11.6 Å². The van der Waals surface area contributed by atoms with Gasteiger partial charge in [0.1, 0.15) is 5.15 Å². The predicted octanol–water partition coefficient (Wildman–Crippen LogP) is 3.07. The van der Waals surface area contributed by atoms with Gasteiger partial charge in [-0.3, -0.25) is 9.36 Å². The van der Waals surface area contributed by atoms with Crippen molar-refractivity contribution in [3.05, 3.63) is 53.3 Å². The molecule has 0 unspecified atom stereocenters. The van der Waals surface area contributed by atoms with Gasteiger partial charge < -0.3 is 0 Å². The third kappa shape index (κ3) is 2.99. The number of halogens is 1. The lowest BCUT2D eigenvalue weighted by Gasteiger charge is -2.02. The molecule has 5 nitrogen and oxygen atoms in total. The summed E-state index contributed by atoms with van der Waals surface area (Å²) in [5.41, 5.74) is 3.65. The molecule has 0 radical (unpaired) electrons. The lowest BCUT2D eigenvalue weighted by atomic mass is 10.1. The average molecular weight is 324 g/mol.